The number of phenolic OH excluding ortho intramolecular Hbond substituents is 1. The summed E-state index contributed by atoms with van der Waals surface area (Å²) in [7, 11) is 0. The Bertz CT molecular complexity index is 609. The molecule has 2 aliphatic carbocycles. The highest BCUT2D eigenvalue weighted by Gasteiger charge is 2.24. The second-order valence-electron chi connectivity index (χ2n) is 7.44. The highest BCUT2D eigenvalue weighted by Crippen LogP contribution is 2.42. The second-order valence-corrected chi connectivity index (χ2v) is 7.44. The first-order chi connectivity index (χ1) is 11.7. The van der Waals surface area contributed by atoms with Crippen molar-refractivity contribution in [2.45, 2.75) is 76.7 Å². The van der Waals surface area contributed by atoms with E-state index in [0.29, 0.717) is 24.2 Å². The van der Waals surface area contributed by atoms with Crippen LogP contribution >= 0.6 is 0 Å². The van der Waals surface area contributed by atoms with Gasteiger partial charge in [0.25, 0.3) is 0 Å². The Morgan fingerprint density at radius 3 is 2.67 bits per heavy atom. The molecule has 2 heteroatoms. The van der Waals surface area contributed by atoms with Gasteiger partial charge in [0.05, 0.1) is 6.26 Å². The SMILES string of the molecule is C=COCc1cc(C2CCCCC2)cc(O)c1C1C=C(C)CCC1. The number of aromatic hydroxyl groups is 1. The maximum Gasteiger partial charge on any atom is 0.120 e. The van der Waals surface area contributed by atoms with E-state index < -0.39 is 0 Å². The number of hydrogen-bond acceptors (Lipinski definition) is 2. The van der Waals surface area contributed by atoms with Crippen molar-refractivity contribution in [2.24, 2.45) is 0 Å². The molecule has 0 saturated heterocycles. The van der Waals surface area contributed by atoms with Gasteiger partial charge in [0.15, 0.2) is 0 Å². The lowest BCUT2D eigenvalue weighted by molar-refractivity contribution is 0.235. The summed E-state index contributed by atoms with van der Waals surface area (Å²) in [4.78, 5) is 0. The molecule has 0 amide bonds. The molecule has 1 aromatic rings. The number of benzene rings is 1. The van der Waals surface area contributed by atoms with Crippen LogP contribution in [-0.4, -0.2) is 5.11 Å². The van der Waals surface area contributed by atoms with E-state index in [0.717, 1.165) is 17.5 Å². The molecule has 1 unspecified atom stereocenters. The Morgan fingerprint density at radius 1 is 1.17 bits per heavy atom. The van der Waals surface area contributed by atoms with Crippen LogP contribution in [0.4, 0.5) is 0 Å². The number of rotatable bonds is 5. The smallest absolute Gasteiger partial charge is 0.120 e. The third-order valence-corrected chi connectivity index (χ3v) is 5.64. The molecule has 1 atom stereocenters. The zero-order chi connectivity index (χ0) is 16.9. The molecule has 130 valence electrons. The van der Waals surface area contributed by atoms with Crippen molar-refractivity contribution >= 4 is 0 Å². The second kappa shape index (κ2) is 7.92. The third-order valence-electron chi connectivity index (χ3n) is 5.64. The van der Waals surface area contributed by atoms with Gasteiger partial charge in [0.2, 0.25) is 0 Å². The van der Waals surface area contributed by atoms with Crippen molar-refractivity contribution < 1.29 is 9.84 Å². The molecule has 1 saturated carbocycles. The maximum absolute atomic E-state index is 10.8. The molecule has 1 aromatic carbocycles. The van der Waals surface area contributed by atoms with Crippen molar-refractivity contribution in [1.82, 2.24) is 0 Å². The van der Waals surface area contributed by atoms with E-state index in [9.17, 15) is 5.11 Å². The van der Waals surface area contributed by atoms with Gasteiger partial charge in [-0.1, -0.05) is 43.6 Å². The van der Waals surface area contributed by atoms with Crippen molar-refractivity contribution in [2.75, 3.05) is 0 Å². The first kappa shape index (κ1) is 17.1. The number of hydrogen-bond donors (Lipinski definition) is 1. The predicted molar refractivity (Wildman–Crippen MR) is 99.3 cm³/mol. The van der Waals surface area contributed by atoms with Crippen molar-refractivity contribution in [3.05, 3.63) is 53.3 Å². The van der Waals surface area contributed by atoms with Gasteiger partial charge in [-0.15, -0.1) is 0 Å². The van der Waals surface area contributed by atoms with E-state index in [-0.39, 0.29) is 0 Å². The van der Waals surface area contributed by atoms with Gasteiger partial charge in [-0.2, -0.15) is 0 Å². The Labute approximate surface area is 146 Å². The van der Waals surface area contributed by atoms with Crippen LogP contribution in [0.1, 0.15) is 86.8 Å². The monoisotopic (exact) mass is 326 g/mol. The summed E-state index contributed by atoms with van der Waals surface area (Å²) >= 11 is 0. The molecule has 0 bridgehead atoms. The van der Waals surface area contributed by atoms with E-state index in [1.807, 2.05) is 6.07 Å². The normalized spacial score (nSPS) is 22.0. The van der Waals surface area contributed by atoms with Crippen LogP contribution in [0.3, 0.4) is 0 Å². The van der Waals surface area contributed by atoms with E-state index in [4.69, 9.17) is 4.74 Å². The summed E-state index contributed by atoms with van der Waals surface area (Å²) in [6, 6.07) is 4.31. The molecular weight excluding hydrogens is 296 g/mol. The molecule has 3 rings (SSSR count). The van der Waals surface area contributed by atoms with Gasteiger partial charge in [0, 0.05) is 11.5 Å². The third kappa shape index (κ3) is 3.85. The van der Waals surface area contributed by atoms with E-state index in [1.165, 1.54) is 62.3 Å². The Morgan fingerprint density at radius 2 is 1.96 bits per heavy atom. The molecule has 2 aliphatic rings. The molecule has 0 aliphatic heterocycles. The molecule has 0 radical (unpaired) electrons. The zero-order valence-corrected chi connectivity index (χ0v) is 14.9. The number of allylic oxidation sites excluding steroid dienone is 2. The van der Waals surface area contributed by atoms with Crippen LogP contribution in [0.15, 0.2) is 36.6 Å². The number of ether oxygens (including phenoxy) is 1. The van der Waals surface area contributed by atoms with Crippen molar-refractivity contribution in [3.63, 3.8) is 0 Å². The molecule has 0 spiro atoms. The van der Waals surface area contributed by atoms with Gasteiger partial charge < -0.3 is 9.84 Å². The zero-order valence-electron chi connectivity index (χ0n) is 14.9. The van der Waals surface area contributed by atoms with Gasteiger partial charge in [0.1, 0.15) is 12.4 Å². The molecule has 0 aromatic heterocycles. The molecule has 2 nitrogen and oxygen atoms in total. The summed E-state index contributed by atoms with van der Waals surface area (Å²) in [5.74, 6) is 1.35. The highest BCUT2D eigenvalue weighted by molar-refractivity contribution is 5.48. The standard InChI is InChI=1S/C22H30O2/c1-3-24-15-20-13-19(17-9-5-4-6-10-17)14-21(23)22(20)18-11-7-8-16(2)12-18/h3,12-14,17-18,23H,1,4-11,15H2,2H3. The maximum atomic E-state index is 10.8. The summed E-state index contributed by atoms with van der Waals surface area (Å²) in [5.41, 5.74) is 4.91. The van der Waals surface area contributed by atoms with E-state index in [1.54, 1.807) is 0 Å². The van der Waals surface area contributed by atoms with Crippen LogP contribution < -0.4 is 0 Å². The molecule has 0 heterocycles. The Balaban J connectivity index is 1.97. The average Bonchev–Trinajstić information content (AvgIpc) is 2.60. The van der Waals surface area contributed by atoms with Crippen LogP contribution in [0, 0.1) is 0 Å². The van der Waals surface area contributed by atoms with E-state index in [2.05, 4.69) is 25.6 Å². The van der Waals surface area contributed by atoms with Gasteiger partial charge in [-0.05, 0) is 62.1 Å². The lowest BCUT2D eigenvalue weighted by Gasteiger charge is -2.27. The molecule has 24 heavy (non-hydrogen) atoms. The lowest BCUT2D eigenvalue weighted by Crippen LogP contribution is -2.10. The van der Waals surface area contributed by atoms with Crippen molar-refractivity contribution in [3.8, 4) is 5.75 Å². The van der Waals surface area contributed by atoms with Crippen LogP contribution in [0.25, 0.3) is 0 Å². The average molecular weight is 326 g/mol. The summed E-state index contributed by atoms with van der Waals surface area (Å²) in [6.45, 7) is 6.36. The number of phenols is 1. The summed E-state index contributed by atoms with van der Waals surface area (Å²) in [5, 5.41) is 10.8. The fraction of sp³-hybridized carbons (Fsp3) is 0.545. The van der Waals surface area contributed by atoms with Crippen LogP contribution in [0.2, 0.25) is 0 Å². The Hall–Kier alpha value is -1.70. The Kier molecular flexibility index (Phi) is 5.65. The van der Waals surface area contributed by atoms with E-state index >= 15 is 0 Å². The fourth-order valence-corrected chi connectivity index (χ4v) is 4.43. The minimum absolute atomic E-state index is 0.308. The fourth-order valence-electron chi connectivity index (χ4n) is 4.43. The minimum atomic E-state index is 0.308. The topological polar surface area (TPSA) is 29.5 Å². The highest BCUT2D eigenvalue weighted by atomic mass is 16.5. The van der Waals surface area contributed by atoms with Gasteiger partial charge in [-0.25, -0.2) is 0 Å². The van der Waals surface area contributed by atoms with Gasteiger partial charge in [-0.3, -0.25) is 0 Å². The van der Waals surface area contributed by atoms with Gasteiger partial charge >= 0.3 is 0 Å². The first-order valence-corrected chi connectivity index (χ1v) is 9.44. The van der Waals surface area contributed by atoms with Crippen LogP contribution in [0.5, 0.6) is 5.75 Å². The van der Waals surface area contributed by atoms with Crippen molar-refractivity contribution in [1.29, 1.82) is 0 Å². The predicted octanol–water partition coefficient (Wildman–Crippen LogP) is 6.31. The largest absolute Gasteiger partial charge is 0.508 e. The molecule has 1 N–H and O–H groups in total. The summed E-state index contributed by atoms with van der Waals surface area (Å²) < 4.78 is 5.51. The molecular formula is C22H30O2. The lowest BCUT2D eigenvalue weighted by atomic mass is 9.79. The quantitative estimate of drug-likeness (QED) is 0.507. The first-order valence-electron chi connectivity index (χ1n) is 9.44. The summed E-state index contributed by atoms with van der Waals surface area (Å²) in [6.07, 6.45) is 13.7. The molecule has 1 fully saturated rings. The van der Waals surface area contributed by atoms with Crippen LogP contribution in [-0.2, 0) is 11.3 Å². The minimum Gasteiger partial charge on any atom is -0.508 e.